The fourth-order valence-corrected chi connectivity index (χ4v) is 0.594. The lowest BCUT2D eigenvalue weighted by atomic mass is 11.3. The monoisotopic (exact) mass is 147 g/mol. The van der Waals surface area contributed by atoms with Gasteiger partial charge in [-0.2, -0.15) is 0 Å². The van der Waals surface area contributed by atoms with Crippen LogP contribution >= 0.6 is 7.37 Å². The van der Waals surface area contributed by atoms with Crippen molar-refractivity contribution in [3.63, 3.8) is 0 Å². The van der Waals surface area contributed by atoms with Gasteiger partial charge in [-0.3, -0.25) is 4.57 Å². The third-order valence-electron chi connectivity index (χ3n) is 0.499. The molecule has 0 aliphatic rings. The highest BCUT2D eigenvalue weighted by Crippen LogP contribution is 2.40. The average molecular weight is 147 g/mol. The minimum atomic E-state index is -3.18. The summed E-state index contributed by atoms with van der Waals surface area (Å²) in [6.45, 7) is 1.14. The van der Waals surface area contributed by atoms with Crippen LogP contribution in [0.5, 0.6) is 0 Å². The second-order valence-corrected chi connectivity index (χ2v) is 3.52. The van der Waals surface area contributed by atoms with Crippen molar-refractivity contribution >= 4 is 13.5 Å². The molecule has 1 amide bonds. The molecular weight excluding hydrogens is 141 g/mol. The fourth-order valence-electron chi connectivity index (χ4n) is 0.198. The molecule has 4 nitrogen and oxygen atoms in total. The summed E-state index contributed by atoms with van der Waals surface area (Å²) in [6.07, 6.45) is 3.60. The minimum absolute atomic E-state index is 1.11. The molecule has 0 radical (unpaired) electrons. The summed E-state index contributed by atoms with van der Waals surface area (Å²) in [5, 5.41) is 0. The Bertz CT molecular complexity index is 204. The van der Waals surface area contributed by atoms with Crippen LogP contribution in [-0.2, 0) is 9.09 Å². The van der Waals surface area contributed by atoms with Crippen molar-refractivity contribution in [2.45, 2.75) is 0 Å². The van der Waals surface area contributed by atoms with Gasteiger partial charge in [-0.1, -0.05) is 0 Å². The first-order chi connectivity index (χ1) is 3.98. The standard InChI is InChI=1S/C4H6NO3P/c1-3-9(2,7)8-4(5)6/h1H,2H3,(H2,5,6). The van der Waals surface area contributed by atoms with Gasteiger partial charge in [-0.25, -0.2) is 4.79 Å². The quantitative estimate of drug-likeness (QED) is 0.435. The second kappa shape index (κ2) is 2.56. The third-order valence-corrected chi connectivity index (χ3v) is 1.50. The van der Waals surface area contributed by atoms with Crippen LogP contribution in [0.1, 0.15) is 0 Å². The van der Waals surface area contributed by atoms with Gasteiger partial charge in [0, 0.05) is 6.66 Å². The van der Waals surface area contributed by atoms with Gasteiger partial charge in [0.1, 0.15) is 0 Å². The number of amides is 1. The van der Waals surface area contributed by atoms with Gasteiger partial charge >= 0.3 is 13.5 Å². The summed E-state index contributed by atoms with van der Waals surface area (Å²) in [5.41, 5.74) is 6.33. The Labute approximate surface area is 52.8 Å². The first-order valence-corrected chi connectivity index (χ1v) is 4.09. The molecule has 9 heavy (non-hydrogen) atoms. The highest BCUT2D eigenvalue weighted by molar-refractivity contribution is 7.63. The van der Waals surface area contributed by atoms with Gasteiger partial charge in [0.25, 0.3) is 0 Å². The molecule has 1 unspecified atom stereocenters. The topological polar surface area (TPSA) is 69.4 Å². The molecule has 0 aliphatic carbocycles. The van der Waals surface area contributed by atoms with E-state index in [9.17, 15) is 9.36 Å². The number of terminal acetylenes is 1. The van der Waals surface area contributed by atoms with E-state index in [1.807, 2.05) is 0 Å². The molecule has 0 aromatic heterocycles. The van der Waals surface area contributed by atoms with Crippen molar-refractivity contribution in [3.8, 4) is 12.1 Å². The largest absolute Gasteiger partial charge is 0.410 e. The summed E-state index contributed by atoms with van der Waals surface area (Å²) in [4.78, 5) is 9.91. The third kappa shape index (κ3) is 3.63. The van der Waals surface area contributed by atoms with Gasteiger partial charge in [0.2, 0.25) is 0 Å². The van der Waals surface area contributed by atoms with Crippen LogP contribution < -0.4 is 5.73 Å². The van der Waals surface area contributed by atoms with Crippen molar-refractivity contribution in [1.82, 2.24) is 0 Å². The molecule has 0 spiro atoms. The Morgan fingerprint density at radius 3 is 2.44 bits per heavy atom. The van der Waals surface area contributed by atoms with E-state index in [0.29, 0.717) is 0 Å². The predicted octanol–water partition coefficient (Wildman–Crippen LogP) is 0.580. The predicted molar refractivity (Wildman–Crippen MR) is 33.0 cm³/mol. The molecule has 5 heteroatoms. The van der Waals surface area contributed by atoms with E-state index < -0.39 is 13.5 Å². The van der Waals surface area contributed by atoms with Gasteiger partial charge in [-0.15, -0.1) is 6.42 Å². The number of primary amides is 1. The molecule has 2 N–H and O–H groups in total. The lowest BCUT2D eigenvalue weighted by Crippen LogP contribution is -2.10. The molecule has 0 fully saturated rings. The first kappa shape index (κ1) is 8.06. The van der Waals surface area contributed by atoms with Crippen molar-refractivity contribution in [1.29, 1.82) is 0 Å². The Balaban J connectivity index is 4.09. The molecule has 0 saturated carbocycles. The number of nitrogens with two attached hydrogens (primary N) is 1. The molecule has 0 aromatic rings. The molecule has 0 saturated heterocycles. The van der Waals surface area contributed by atoms with E-state index in [2.05, 4.69) is 10.3 Å². The van der Waals surface area contributed by atoms with Crippen LogP contribution in [0.2, 0.25) is 0 Å². The summed E-state index contributed by atoms with van der Waals surface area (Å²) in [5.74, 6) is 0. The maximum Gasteiger partial charge on any atom is 0.410 e. The second-order valence-electron chi connectivity index (χ2n) is 1.39. The SMILES string of the molecule is C#CP(C)(=O)OC(N)=O. The highest BCUT2D eigenvalue weighted by Gasteiger charge is 2.13. The molecular formula is C4H6NO3P. The first-order valence-electron chi connectivity index (χ1n) is 2.02. The lowest BCUT2D eigenvalue weighted by molar-refractivity contribution is 0.213. The van der Waals surface area contributed by atoms with E-state index in [1.54, 1.807) is 5.66 Å². The fraction of sp³-hybridized carbons (Fsp3) is 0.250. The zero-order valence-corrected chi connectivity index (χ0v) is 5.72. The molecule has 0 aliphatic heterocycles. The van der Waals surface area contributed by atoms with Crippen LogP contribution in [0.25, 0.3) is 0 Å². The number of carbonyl (C=O) groups is 1. The molecule has 50 valence electrons. The summed E-state index contributed by atoms with van der Waals surface area (Å²) < 4.78 is 14.7. The van der Waals surface area contributed by atoms with Crippen molar-refractivity contribution in [2.24, 2.45) is 5.73 Å². The Morgan fingerprint density at radius 2 is 2.33 bits per heavy atom. The van der Waals surface area contributed by atoms with Gasteiger partial charge in [0.05, 0.1) is 0 Å². The Hall–Kier alpha value is -0.940. The van der Waals surface area contributed by atoms with Crippen LogP contribution in [0, 0.1) is 12.1 Å². The number of hydrogen-bond acceptors (Lipinski definition) is 3. The maximum absolute atomic E-state index is 10.6. The van der Waals surface area contributed by atoms with E-state index in [1.165, 1.54) is 0 Å². The molecule has 1 atom stereocenters. The zero-order valence-electron chi connectivity index (χ0n) is 4.83. The number of hydrogen-bond donors (Lipinski definition) is 1. The smallest absolute Gasteiger partial charge is 0.386 e. The highest BCUT2D eigenvalue weighted by atomic mass is 31.2. The Kier molecular flexibility index (Phi) is 2.29. The van der Waals surface area contributed by atoms with Gasteiger partial charge in [0.15, 0.2) is 0 Å². The lowest BCUT2D eigenvalue weighted by Gasteiger charge is -2.01. The summed E-state index contributed by atoms with van der Waals surface area (Å²) in [6, 6.07) is 0. The molecule has 0 aromatic carbocycles. The van der Waals surface area contributed by atoms with Gasteiger partial charge in [-0.05, 0) is 5.66 Å². The summed E-state index contributed by atoms with van der Waals surface area (Å²) >= 11 is 0. The van der Waals surface area contributed by atoms with Crippen molar-refractivity contribution in [3.05, 3.63) is 0 Å². The van der Waals surface area contributed by atoms with Crippen LogP contribution in [-0.4, -0.2) is 12.8 Å². The van der Waals surface area contributed by atoms with E-state index >= 15 is 0 Å². The van der Waals surface area contributed by atoms with Gasteiger partial charge < -0.3 is 10.3 Å². The number of carbonyl (C=O) groups excluding carboxylic acids is 1. The van der Waals surface area contributed by atoms with E-state index in [0.717, 1.165) is 6.66 Å². The van der Waals surface area contributed by atoms with Crippen LogP contribution in [0.15, 0.2) is 0 Å². The summed E-state index contributed by atoms with van der Waals surface area (Å²) in [7, 11) is -3.18. The normalized spacial score (nSPS) is 15.1. The molecule has 0 bridgehead atoms. The van der Waals surface area contributed by atoms with Crippen LogP contribution in [0.3, 0.4) is 0 Å². The number of rotatable bonds is 1. The minimum Gasteiger partial charge on any atom is -0.386 e. The van der Waals surface area contributed by atoms with Crippen molar-refractivity contribution in [2.75, 3.05) is 6.66 Å². The van der Waals surface area contributed by atoms with Crippen LogP contribution in [0.4, 0.5) is 4.79 Å². The molecule has 0 heterocycles. The zero-order chi connectivity index (χ0) is 7.49. The average Bonchev–Trinajstić information content (AvgIpc) is 1.63. The van der Waals surface area contributed by atoms with Crippen molar-refractivity contribution < 1.29 is 13.9 Å². The molecule has 0 rings (SSSR count). The maximum atomic E-state index is 10.6. The van der Waals surface area contributed by atoms with E-state index in [4.69, 9.17) is 6.42 Å². The van der Waals surface area contributed by atoms with E-state index in [-0.39, 0.29) is 0 Å². The Morgan fingerprint density at radius 1 is 1.89 bits per heavy atom.